The molecule has 2 aromatic carbocycles. The van der Waals surface area contributed by atoms with Gasteiger partial charge < -0.3 is 19.5 Å². The van der Waals surface area contributed by atoms with Gasteiger partial charge in [-0.15, -0.1) is 0 Å². The summed E-state index contributed by atoms with van der Waals surface area (Å²) in [4.78, 5) is 25.9. The molecule has 1 N–H and O–H groups in total. The van der Waals surface area contributed by atoms with Gasteiger partial charge in [-0.1, -0.05) is 36.8 Å². The summed E-state index contributed by atoms with van der Waals surface area (Å²) in [6.45, 7) is 7.02. The summed E-state index contributed by atoms with van der Waals surface area (Å²) in [5, 5.41) is 3.03. The van der Waals surface area contributed by atoms with Crippen molar-refractivity contribution in [1.29, 1.82) is 0 Å². The molecule has 1 saturated heterocycles. The molecule has 0 aliphatic carbocycles. The lowest BCUT2D eigenvalue weighted by Crippen LogP contribution is -2.44. The predicted molar refractivity (Wildman–Crippen MR) is 120 cm³/mol. The molecule has 0 radical (unpaired) electrons. The van der Waals surface area contributed by atoms with Gasteiger partial charge in [-0.2, -0.15) is 0 Å². The molecule has 1 fully saturated rings. The van der Waals surface area contributed by atoms with Crippen molar-refractivity contribution in [2.24, 2.45) is 0 Å². The van der Waals surface area contributed by atoms with Crippen LogP contribution in [-0.2, 0) is 19.7 Å². The van der Waals surface area contributed by atoms with Crippen LogP contribution in [0.3, 0.4) is 0 Å². The average molecular weight is 426 g/mol. The highest BCUT2D eigenvalue weighted by Gasteiger charge is 2.41. The van der Waals surface area contributed by atoms with Gasteiger partial charge in [-0.25, -0.2) is 4.79 Å². The standard InChI is InChI=1S/C25H31NO5/c1-5-18(3)31-22-10-9-20(16-21(22)23(27)29-4)26-24(28)25(11-13-30-14-12-25)19-8-6-7-17(2)15-19/h6-10,15-16,18H,5,11-14H2,1-4H3,(H,26,28). The SMILES string of the molecule is CCC(C)Oc1ccc(NC(=O)C2(c3cccc(C)c3)CCOCC2)cc1C(=O)OC. The van der Waals surface area contributed by atoms with Crippen LogP contribution in [0.2, 0.25) is 0 Å². The van der Waals surface area contributed by atoms with E-state index in [0.717, 1.165) is 17.5 Å². The van der Waals surface area contributed by atoms with Crippen molar-refractivity contribution in [3.63, 3.8) is 0 Å². The maximum absolute atomic E-state index is 13.5. The van der Waals surface area contributed by atoms with E-state index < -0.39 is 11.4 Å². The topological polar surface area (TPSA) is 73.9 Å². The van der Waals surface area contributed by atoms with Crippen LogP contribution in [0.4, 0.5) is 5.69 Å². The summed E-state index contributed by atoms with van der Waals surface area (Å²) < 4.78 is 16.3. The molecule has 0 aromatic heterocycles. The lowest BCUT2D eigenvalue weighted by molar-refractivity contribution is -0.125. The number of ether oxygens (including phenoxy) is 3. The number of carbonyl (C=O) groups excluding carboxylic acids is 2. The van der Waals surface area contributed by atoms with Crippen molar-refractivity contribution in [3.8, 4) is 5.75 Å². The predicted octanol–water partition coefficient (Wildman–Crippen LogP) is 4.65. The average Bonchev–Trinajstić information content (AvgIpc) is 2.79. The molecule has 3 rings (SSSR count). The molecule has 0 bridgehead atoms. The minimum Gasteiger partial charge on any atom is -0.490 e. The van der Waals surface area contributed by atoms with Crippen molar-refractivity contribution >= 4 is 17.6 Å². The number of rotatable bonds is 7. The van der Waals surface area contributed by atoms with Gasteiger partial charge in [0.15, 0.2) is 0 Å². The number of benzene rings is 2. The molecule has 31 heavy (non-hydrogen) atoms. The zero-order valence-electron chi connectivity index (χ0n) is 18.7. The molecule has 0 spiro atoms. The van der Waals surface area contributed by atoms with Crippen molar-refractivity contribution in [2.75, 3.05) is 25.6 Å². The Hall–Kier alpha value is -2.86. The zero-order valence-corrected chi connectivity index (χ0v) is 18.7. The van der Waals surface area contributed by atoms with Crippen molar-refractivity contribution in [1.82, 2.24) is 0 Å². The maximum atomic E-state index is 13.5. The summed E-state index contributed by atoms with van der Waals surface area (Å²) in [5.74, 6) is -0.166. The van der Waals surface area contributed by atoms with Crippen LogP contribution in [0.15, 0.2) is 42.5 Å². The first-order valence-electron chi connectivity index (χ1n) is 10.7. The molecule has 1 amide bonds. The second-order valence-electron chi connectivity index (χ2n) is 8.06. The van der Waals surface area contributed by atoms with Crippen LogP contribution in [-0.4, -0.2) is 38.3 Å². The molecule has 1 atom stereocenters. The fourth-order valence-electron chi connectivity index (χ4n) is 3.84. The molecule has 1 unspecified atom stereocenters. The van der Waals surface area contributed by atoms with Gasteiger partial charge in [-0.05, 0) is 56.9 Å². The summed E-state index contributed by atoms with van der Waals surface area (Å²) in [6, 6.07) is 13.1. The van der Waals surface area contributed by atoms with Gasteiger partial charge in [0, 0.05) is 18.9 Å². The Kier molecular flexibility index (Phi) is 7.33. The largest absolute Gasteiger partial charge is 0.490 e. The molecule has 6 nitrogen and oxygen atoms in total. The molecule has 6 heteroatoms. The third-order valence-electron chi connectivity index (χ3n) is 5.90. The van der Waals surface area contributed by atoms with E-state index in [1.54, 1.807) is 18.2 Å². The van der Waals surface area contributed by atoms with Gasteiger partial charge >= 0.3 is 5.97 Å². The van der Waals surface area contributed by atoms with E-state index in [4.69, 9.17) is 14.2 Å². The van der Waals surface area contributed by atoms with Crippen molar-refractivity contribution in [2.45, 2.75) is 51.6 Å². The number of nitrogens with one attached hydrogen (secondary N) is 1. The van der Waals surface area contributed by atoms with Crippen LogP contribution < -0.4 is 10.1 Å². The van der Waals surface area contributed by atoms with E-state index in [1.165, 1.54) is 7.11 Å². The second-order valence-corrected chi connectivity index (χ2v) is 8.06. The summed E-state index contributed by atoms with van der Waals surface area (Å²) in [5.41, 5.74) is 2.23. The number of hydrogen-bond acceptors (Lipinski definition) is 5. The smallest absolute Gasteiger partial charge is 0.341 e. The third kappa shape index (κ3) is 5.07. The van der Waals surface area contributed by atoms with Crippen LogP contribution >= 0.6 is 0 Å². The first-order chi connectivity index (χ1) is 14.9. The number of hydrogen-bond donors (Lipinski definition) is 1. The lowest BCUT2D eigenvalue weighted by atomic mass is 9.73. The molecule has 1 aliphatic heterocycles. The lowest BCUT2D eigenvalue weighted by Gasteiger charge is -2.36. The van der Waals surface area contributed by atoms with Crippen LogP contribution in [0.5, 0.6) is 5.75 Å². The molecule has 166 valence electrons. The highest BCUT2D eigenvalue weighted by atomic mass is 16.5. The number of amides is 1. The molecule has 1 heterocycles. The van der Waals surface area contributed by atoms with Crippen molar-refractivity contribution < 1.29 is 23.8 Å². The Morgan fingerprint density at radius 1 is 1.16 bits per heavy atom. The molecular weight excluding hydrogens is 394 g/mol. The number of esters is 1. The Labute approximate surface area is 183 Å². The highest BCUT2D eigenvalue weighted by Crippen LogP contribution is 2.37. The van der Waals surface area contributed by atoms with Gasteiger partial charge in [0.25, 0.3) is 0 Å². The number of aryl methyl sites for hydroxylation is 1. The second kappa shape index (κ2) is 9.96. The van der Waals surface area contributed by atoms with Gasteiger partial charge in [0.2, 0.25) is 5.91 Å². The normalized spacial score (nSPS) is 16.3. The fraction of sp³-hybridized carbons (Fsp3) is 0.440. The van der Waals surface area contributed by atoms with Gasteiger partial charge in [0.1, 0.15) is 11.3 Å². The van der Waals surface area contributed by atoms with Crippen LogP contribution in [0.25, 0.3) is 0 Å². The van der Waals surface area contributed by atoms with E-state index >= 15 is 0 Å². The minimum atomic E-state index is -0.679. The summed E-state index contributed by atoms with van der Waals surface area (Å²) in [7, 11) is 1.33. The number of carbonyl (C=O) groups is 2. The highest BCUT2D eigenvalue weighted by molar-refractivity contribution is 6.01. The summed E-state index contributed by atoms with van der Waals surface area (Å²) in [6.07, 6.45) is 1.96. The van der Waals surface area contributed by atoms with Crippen LogP contribution in [0.1, 0.15) is 54.6 Å². The first kappa shape index (κ1) is 22.8. The Morgan fingerprint density at radius 3 is 2.55 bits per heavy atom. The van der Waals surface area contributed by atoms with E-state index in [9.17, 15) is 9.59 Å². The Morgan fingerprint density at radius 2 is 1.90 bits per heavy atom. The van der Waals surface area contributed by atoms with E-state index in [2.05, 4.69) is 11.4 Å². The summed E-state index contributed by atoms with van der Waals surface area (Å²) >= 11 is 0. The van der Waals surface area contributed by atoms with Crippen LogP contribution in [0, 0.1) is 6.92 Å². The molecule has 1 aliphatic rings. The van der Waals surface area contributed by atoms with E-state index in [0.29, 0.717) is 37.5 Å². The third-order valence-corrected chi connectivity index (χ3v) is 5.90. The first-order valence-corrected chi connectivity index (χ1v) is 10.7. The minimum absolute atomic E-state index is 0.0457. The van der Waals surface area contributed by atoms with Crippen molar-refractivity contribution in [3.05, 3.63) is 59.2 Å². The molecule has 0 saturated carbocycles. The number of methoxy groups -OCH3 is 1. The molecule has 2 aromatic rings. The van der Waals surface area contributed by atoms with Gasteiger partial charge in [0.05, 0.1) is 18.6 Å². The monoisotopic (exact) mass is 425 g/mol. The Balaban J connectivity index is 1.92. The number of anilines is 1. The van der Waals surface area contributed by atoms with E-state index in [1.807, 2.05) is 39.0 Å². The van der Waals surface area contributed by atoms with Gasteiger partial charge in [-0.3, -0.25) is 4.79 Å². The zero-order chi connectivity index (χ0) is 22.4. The molecular formula is C25H31NO5. The Bertz CT molecular complexity index is 933. The maximum Gasteiger partial charge on any atom is 0.341 e. The fourth-order valence-corrected chi connectivity index (χ4v) is 3.84. The van der Waals surface area contributed by atoms with E-state index in [-0.39, 0.29) is 17.6 Å². The quantitative estimate of drug-likeness (QED) is 0.654.